The number of hydrogen-bond acceptors (Lipinski definition) is 4. The fraction of sp³-hybridized carbons (Fsp3) is 0.500. The Morgan fingerprint density at radius 3 is 1.90 bits per heavy atom. The Morgan fingerprint density at radius 2 is 1.43 bits per heavy atom. The standard InChI is InChI=1S/C12H16O3.C11H14O.C3H6/c1-9(12(13)15-3)7-10-5-4-6-11(8-10)14-2;1-12-11-4-2-3-10(8-11)7-9-5-6-9;1-2-3-1/h4-6,8-9H,7H2,1-3H3;2-4,8-9H,5-7H2,1H3;1-3H2. The van der Waals surface area contributed by atoms with Crippen molar-refractivity contribution in [3.63, 3.8) is 0 Å². The summed E-state index contributed by atoms with van der Waals surface area (Å²) in [4.78, 5) is 11.2. The topological polar surface area (TPSA) is 44.8 Å². The fourth-order valence-electron chi connectivity index (χ4n) is 2.89. The second kappa shape index (κ2) is 12.9. The van der Waals surface area contributed by atoms with Crippen molar-refractivity contribution in [1.29, 1.82) is 0 Å². The second-order valence-corrected chi connectivity index (χ2v) is 8.04. The van der Waals surface area contributed by atoms with E-state index in [4.69, 9.17) is 9.47 Å². The first kappa shape index (κ1) is 23.8. The minimum absolute atomic E-state index is 0.123. The molecule has 0 amide bonds. The molecule has 1 atom stereocenters. The molecular weight excluding hydrogens is 376 g/mol. The molecule has 0 N–H and O–H groups in total. The molecule has 4 nitrogen and oxygen atoms in total. The molecule has 2 fully saturated rings. The number of benzene rings is 2. The summed E-state index contributed by atoms with van der Waals surface area (Å²) in [5.41, 5.74) is 2.49. The normalized spacial score (nSPS) is 14.8. The summed E-state index contributed by atoms with van der Waals surface area (Å²) < 4.78 is 14.9. The van der Waals surface area contributed by atoms with Gasteiger partial charge in [-0.1, -0.05) is 50.5 Å². The maximum Gasteiger partial charge on any atom is 0.308 e. The van der Waals surface area contributed by atoms with Crippen LogP contribution in [0.4, 0.5) is 0 Å². The minimum Gasteiger partial charge on any atom is -0.497 e. The summed E-state index contributed by atoms with van der Waals surface area (Å²) in [6.07, 6.45) is 9.23. The molecular formula is C26H36O4. The Hall–Kier alpha value is -2.49. The van der Waals surface area contributed by atoms with Crippen molar-refractivity contribution in [3.05, 3.63) is 59.7 Å². The molecule has 0 aromatic heterocycles. The minimum atomic E-state index is -0.183. The largest absolute Gasteiger partial charge is 0.497 e. The van der Waals surface area contributed by atoms with Gasteiger partial charge in [0.25, 0.3) is 0 Å². The average molecular weight is 413 g/mol. The van der Waals surface area contributed by atoms with E-state index >= 15 is 0 Å². The molecule has 0 spiro atoms. The number of carbonyl (C=O) groups is 1. The van der Waals surface area contributed by atoms with Gasteiger partial charge in [-0.3, -0.25) is 4.79 Å². The zero-order valence-corrected chi connectivity index (χ0v) is 18.9. The van der Waals surface area contributed by atoms with Gasteiger partial charge in [-0.05, 0) is 67.0 Å². The lowest BCUT2D eigenvalue weighted by Gasteiger charge is -2.09. The fourth-order valence-corrected chi connectivity index (χ4v) is 2.89. The molecule has 4 rings (SSSR count). The molecule has 2 aromatic carbocycles. The quantitative estimate of drug-likeness (QED) is 0.534. The lowest BCUT2D eigenvalue weighted by Crippen LogP contribution is -2.15. The Bertz CT molecular complexity index is 762. The molecule has 0 aliphatic heterocycles. The molecule has 2 aliphatic rings. The van der Waals surface area contributed by atoms with Crippen molar-refractivity contribution >= 4 is 5.97 Å². The van der Waals surface area contributed by atoms with E-state index in [-0.39, 0.29) is 11.9 Å². The Morgan fingerprint density at radius 1 is 0.900 bits per heavy atom. The van der Waals surface area contributed by atoms with Gasteiger partial charge >= 0.3 is 5.97 Å². The van der Waals surface area contributed by atoms with Gasteiger partial charge in [0.1, 0.15) is 11.5 Å². The van der Waals surface area contributed by atoms with Gasteiger partial charge in [-0.25, -0.2) is 0 Å². The molecule has 4 heteroatoms. The highest BCUT2D eigenvalue weighted by atomic mass is 16.5. The third-order valence-corrected chi connectivity index (χ3v) is 4.99. The molecule has 0 radical (unpaired) electrons. The van der Waals surface area contributed by atoms with E-state index in [1.807, 2.05) is 37.3 Å². The maximum atomic E-state index is 11.2. The Labute approximate surface area is 181 Å². The van der Waals surface area contributed by atoms with Gasteiger partial charge in [0.2, 0.25) is 0 Å². The molecule has 2 aliphatic carbocycles. The summed E-state index contributed by atoms with van der Waals surface area (Å²) in [6.45, 7) is 1.85. The van der Waals surface area contributed by atoms with E-state index in [1.54, 1.807) is 14.2 Å². The Kier molecular flexibility index (Phi) is 10.3. The van der Waals surface area contributed by atoms with E-state index in [0.29, 0.717) is 6.42 Å². The molecule has 30 heavy (non-hydrogen) atoms. The summed E-state index contributed by atoms with van der Waals surface area (Å²) in [5.74, 6) is 2.44. The molecule has 0 heterocycles. The van der Waals surface area contributed by atoms with Crippen LogP contribution >= 0.6 is 0 Å². The van der Waals surface area contributed by atoms with E-state index in [1.165, 1.54) is 51.2 Å². The van der Waals surface area contributed by atoms with E-state index in [0.717, 1.165) is 23.0 Å². The molecule has 2 aromatic rings. The molecule has 164 valence electrons. The molecule has 0 saturated heterocycles. The number of esters is 1. The third-order valence-electron chi connectivity index (χ3n) is 4.99. The molecule has 2 saturated carbocycles. The van der Waals surface area contributed by atoms with Gasteiger partial charge in [-0.2, -0.15) is 0 Å². The van der Waals surface area contributed by atoms with Crippen molar-refractivity contribution in [1.82, 2.24) is 0 Å². The monoisotopic (exact) mass is 412 g/mol. The summed E-state index contributed by atoms with van der Waals surface area (Å²) >= 11 is 0. The SMILES string of the molecule is C1CC1.COC(=O)C(C)Cc1cccc(OC)c1.COc1cccc(CC2CC2)c1. The van der Waals surface area contributed by atoms with E-state index in [9.17, 15) is 4.79 Å². The van der Waals surface area contributed by atoms with Crippen LogP contribution < -0.4 is 9.47 Å². The van der Waals surface area contributed by atoms with Crippen molar-refractivity contribution in [2.45, 2.75) is 51.9 Å². The summed E-state index contributed by atoms with van der Waals surface area (Å²) in [7, 11) is 4.75. The van der Waals surface area contributed by atoms with Crippen LogP contribution in [0.2, 0.25) is 0 Å². The number of rotatable bonds is 7. The number of carbonyl (C=O) groups excluding carboxylic acids is 1. The zero-order valence-electron chi connectivity index (χ0n) is 18.9. The van der Waals surface area contributed by atoms with Gasteiger partial charge in [0, 0.05) is 0 Å². The van der Waals surface area contributed by atoms with E-state index < -0.39 is 0 Å². The van der Waals surface area contributed by atoms with Gasteiger partial charge in [0.05, 0.1) is 27.2 Å². The van der Waals surface area contributed by atoms with Crippen LogP contribution in [0, 0.1) is 11.8 Å². The van der Waals surface area contributed by atoms with Gasteiger partial charge < -0.3 is 14.2 Å². The van der Waals surface area contributed by atoms with Crippen LogP contribution in [0.25, 0.3) is 0 Å². The van der Waals surface area contributed by atoms with Crippen LogP contribution in [0.3, 0.4) is 0 Å². The summed E-state index contributed by atoms with van der Waals surface area (Å²) in [5, 5.41) is 0. The lowest BCUT2D eigenvalue weighted by atomic mass is 10.0. The highest BCUT2D eigenvalue weighted by molar-refractivity contribution is 5.72. The van der Waals surface area contributed by atoms with Gasteiger partial charge in [-0.15, -0.1) is 0 Å². The maximum absolute atomic E-state index is 11.2. The lowest BCUT2D eigenvalue weighted by molar-refractivity contribution is -0.144. The van der Waals surface area contributed by atoms with Crippen molar-refractivity contribution < 1.29 is 19.0 Å². The second-order valence-electron chi connectivity index (χ2n) is 8.04. The predicted octanol–water partition coefficient (Wildman–Crippen LogP) is 5.86. The van der Waals surface area contributed by atoms with Crippen LogP contribution in [0.5, 0.6) is 11.5 Å². The first-order valence-electron chi connectivity index (χ1n) is 10.9. The van der Waals surface area contributed by atoms with Crippen molar-refractivity contribution in [2.75, 3.05) is 21.3 Å². The van der Waals surface area contributed by atoms with Crippen LogP contribution in [-0.4, -0.2) is 27.3 Å². The third kappa shape index (κ3) is 9.82. The van der Waals surface area contributed by atoms with Gasteiger partial charge in [0.15, 0.2) is 0 Å². The molecule has 1 unspecified atom stereocenters. The first-order chi connectivity index (χ1) is 14.5. The van der Waals surface area contributed by atoms with Crippen LogP contribution in [-0.2, 0) is 22.4 Å². The zero-order chi connectivity index (χ0) is 21.8. The number of ether oxygens (including phenoxy) is 3. The smallest absolute Gasteiger partial charge is 0.308 e. The summed E-state index contributed by atoms with van der Waals surface area (Å²) in [6, 6.07) is 16.1. The van der Waals surface area contributed by atoms with Crippen molar-refractivity contribution in [3.8, 4) is 11.5 Å². The van der Waals surface area contributed by atoms with Crippen LogP contribution in [0.15, 0.2) is 48.5 Å². The van der Waals surface area contributed by atoms with E-state index in [2.05, 4.69) is 22.9 Å². The predicted molar refractivity (Wildman–Crippen MR) is 121 cm³/mol. The van der Waals surface area contributed by atoms with Crippen molar-refractivity contribution in [2.24, 2.45) is 11.8 Å². The number of methoxy groups -OCH3 is 3. The first-order valence-corrected chi connectivity index (χ1v) is 10.9. The Balaban J connectivity index is 0.000000189. The van der Waals surface area contributed by atoms with Crippen LogP contribution in [0.1, 0.15) is 50.2 Å². The highest BCUT2D eigenvalue weighted by Crippen LogP contribution is 2.33. The molecule has 0 bridgehead atoms. The average Bonchev–Trinajstić information content (AvgIpc) is 3.67. The number of hydrogen-bond donors (Lipinski definition) is 0. The highest BCUT2D eigenvalue weighted by Gasteiger charge is 2.21.